The molecule has 5 nitrogen and oxygen atoms in total. The van der Waals surface area contributed by atoms with Gasteiger partial charge in [-0.2, -0.15) is 0 Å². The van der Waals surface area contributed by atoms with Crippen molar-refractivity contribution in [3.63, 3.8) is 0 Å². The molecule has 2 aromatic carbocycles. The number of rotatable bonds is 6. The molecule has 26 heavy (non-hydrogen) atoms. The predicted molar refractivity (Wildman–Crippen MR) is 102 cm³/mol. The molecule has 0 aromatic heterocycles. The Kier molecular flexibility index (Phi) is 5.40. The van der Waals surface area contributed by atoms with Gasteiger partial charge in [-0.3, -0.25) is 14.5 Å². The van der Waals surface area contributed by atoms with E-state index in [4.69, 9.17) is 16.3 Å². The maximum Gasteiger partial charge on any atom is 0.278 e. The average molecular weight is 371 g/mol. The van der Waals surface area contributed by atoms with Crippen molar-refractivity contribution in [1.29, 1.82) is 0 Å². The summed E-state index contributed by atoms with van der Waals surface area (Å²) in [6.07, 6.45) is 0. The summed E-state index contributed by atoms with van der Waals surface area (Å²) in [5, 5.41) is 3.69. The Morgan fingerprint density at radius 1 is 1.08 bits per heavy atom. The molecule has 1 N–H and O–H groups in total. The van der Waals surface area contributed by atoms with Gasteiger partial charge in [-0.25, -0.2) is 0 Å². The summed E-state index contributed by atoms with van der Waals surface area (Å²) in [7, 11) is 1.53. The van der Waals surface area contributed by atoms with Crippen molar-refractivity contribution in [3.8, 4) is 0 Å². The van der Waals surface area contributed by atoms with E-state index in [1.165, 1.54) is 12.0 Å². The van der Waals surface area contributed by atoms with E-state index in [1.54, 1.807) is 24.3 Å². The highest BCUT2D eigenvalue weighted by Crippen LogP contribution is 2.31. The number of benzene rings is 2. The molecule has 0 bridgehead atoms. The topological polar surface area (TPSA) is 58.6 Å². The third-order valence-electron chi connectivity index (χ3n) is 4.11. The second-order valence-electron chi connectivity index (χ2n) is 6.01. The molecular weight excluding hydrogens is 352 g/mol. The van der Waals surface area contributed by atoms with Gasteiger partial charge in [-0.15, -0.1) is 0 Å². The summed E-state index contributed by atoms with van der Waals surface area (Å²) in [5.41, 5.74) is 3.05. The molecule has 0 saturated carbocycles. The largest absolute Gasteiger partial charge is 0.383 e. The van der Waals surface area contributed by atoms with Crippen LogP contribution in [0.1, 0.15) is 11.1 Å². The second kappa shape index (κ2) is 7.72. The standard InChI is InChI=1S/C20H19ClN2O3/c1-13-4-3-5-16(12-13)22-18-17(14-6-8-15(21)9-7-14)19(24)23(20(18)25)10-11-26-2/h3-9,12,22H,10-11H2,1-2H3. The first-order chi connectivity index (χ1) is 12.5. The van der Waals surface area contributed by atoms with Gasteiger partial charge in [0.25, 0.3) is 11.8 Å². The molecule has 0 saturated heterocycles. The van der Waals surface area contributed by atoms with Crippen LogP contribution in [0.4, 0.5) is 5.69 Å². The van der Waals surface area contributed by atoms with Crippen molar-refractivity contribution >= 4 is 34.7 Å². The molecular formula is C20H19ClN2O3. The number of methoxy groups -OCH3 is 1. The lowest BCUT2D eigenvalue weighted by Gasteiger charge is -2.14. The van der Waals surface area contributed by atoms with Crippen LogP contribution in [-0.4, -0.2) is 37.0 Å². The summed E-state index contributed by atoms with van der Waals surface area (Å²) in [6, 6.07) is 14.5. The van der Waals surface area contributed by atoms with Crippen LogP contribution in [0.2, 0.25) is 5.02 Å². The van der Waals surface area contributed by atoms with Gasteiger partial charge in [0.2, 0.25) is 0 Å². The van der Waals surface area contributed by atoms with Crippen LogP contribution in [0, 0.1) is 6.92 Å². The highest BCUT2D eigenvalue weighted by atomic mass is 35.5. The first kappa shape index (κ1) is 18.2. The first-order valence-corrected chi connectivity index (χ1v) is 8.58. The molecule has 0 atom stereocenters. The molecule has 0 fully saturated rings. The fraction of sp³-hybridized carbons (Fsp3) is 0.200. The Bertz CT molecular complexity index is 875. The third kappa shape index (κ3) is 3.64. The van der Waals surface area contributed by atoms with Crippen LogP contribution < -0.4 is 5.32 Å². The van der Waals surface area contributed by atoms with Crippen molar-refractivity contribution in [1.82, 2.24) is 4.90 Å². The van der Waals surface area contributed by atoms with Crippen LogP contribution in [0.15, 0.2) is 54.2 Å². The Hall–Kier alpha value is -2.63. The number of carbonyl (C=O) groups is 2. The second-order valence-corrected chi connectivity index (χ2v) is 6.44. The zero-order chi connectivity index (χ0) is 18.7. The van der Waals surface area contributed by atoms with E-state index in [9.17, 15) is 9.59 Å². The number of nitrogens with one attached hydrogen (secondary N) is 1. The lowest BCUT2D eigenvalue weighted by Crippen LogP contribution is -2.35. The molecule has 0 aliphatic carbocycles. The summed E-state index contributed by atoms with van der Waals surface area (Å²) >= 11 is 5.95. The number of ether oxygens (including phenoxy) is 1. The number of hydrogen-bond acceptors (Lipinski definition) is 4. The van der Waals surface area contributed by atoms with Crippen LogP contribution in [0.5, 0.6) is 0 Å². The van der Waals surface area contributed by atoms with E-state index < -0.39 is 0 Å². The summed E-state index contributed by atoms with van der Waals surface area (Å²) in [5.74, 6) is -0.706. The highest BCUT2D eigenvalue weighted by molar-refractivity contribution is 6.36. The number of nitrogens with zero attached hydrogens (tertiary/aromatic N) is 1. The third-order valence-corrected chi connectivity index (χ3v) is 4.36. The summed E-state index contributed by atoms with van der Waals surface area (Å²) in [6.45, 7) is 2.44. The van der Waals surface area contributed by atoms with Crippen LogP contribution in [0.25, 0.3) is 5.57 Å². The van der Waals surface area contributed by atoms with Crippen LogP contribution in [0.3, 0.4) is 0 Å². The zero-order valence-electron chi connectivity index (χ0n) is 14.6. The fourth-order valence-corrected chi connectivity index (χ4v) is 2.96. The van der Waals surface area contributed by atoms with Gasteiger partial charge < -0.3 is 10.1 Å². The normalized spacial score (nSPS) is 14.3. The van der Waals surface area contributed by atoms with Crippen molar-refractivity contribution < 1.29 is 14.3 Å². The number of imide groups is 1. The molecule has 1 heterocycles. The molecule has 6 heteroatoms. The van der Waals surface area contributed by atoms with Gasteiger partial charge in [-0.1, -0.05) is 35.9 Å². The summed E-state index contributed by atoms with van der Waals surface area (Å²) in [4.78, 5) is 27.0. The molecule has 1 aliphatic rings. The molecule has 0 unspecified atom stereocenters. The molecule has 2 amide bonds. The minimum atomic E-state index is -0.362. The first-order valence-electron chi connectivity index (χ1n) is 8.20. The maximum atomic E-state index is 12.9. The molecule has 134 valence electrons. The van der Waals surface area contributed by atoms with Gasteiger partial charge in [0, 0.05) is 17.8 Å². The lowest BCUT2D eigenvalue weighted by atomic mass is 10.0. The quantitative estimate of drug-likeness (QED) is 0.791. The maximum absolute atomic E-state index is 12.9. The van der Waals surface area contributed by atoms with Crippen molar-refractivity contribution in [2.75, 3.05) is 25.6 Å². The average Bonchev–Trinajstić information content (AvgIpc) is 2.84. The minimum absolute atomic E-state index is 0.199. The van der Waals surface area contributed by atoms with Gasteiger partial charge in [0.15, 0.2) is 0 Å². The number of halogens is 1. The fourth-order valence-electron chi connectivity index (χ4n) is 2.83. The number of carbonyl (C=O) groups excluding carboxylic acids is 2. The number of amides is 2. The molecule has 3 rings (SSSR count). The predicted octanol–water partition coefficient (Wildman–Crippen LogP) is 3.49. The Morgan fingerprint density at radius 3 is 2.46 bits per heavy atom. The molecule has 0 radical (unpaired) electrons. The Morgan fingerprint density at radius 2 is 1.81 bits per heavy atom. The van der Waals surface area contributed by atoms with Gasteiger partial charge in [-0.05, 0) is 42.3 Å². The van der Waals surface area contributed by atoms with E-state index in [0.717, 1.165) is 11.3 Å². The van der Waals surface area contributed by atoms with Gasteiger partial charge in [0.1, 0.15) is 5.70 Å². The minimum Gasteiger partial charge on any atom is -0.383 e. The Balaban J connectivity index is 2.03. The summed E-state index contributed by atoms with van der Waals surface area (Å²) < 4.78 is 5.02. The lowest BCUT2D eigenvalue weighted by molar-refractivity contribution is -0.137. The van der Waals surface area contributed by atoms with E-state index in [0.29, 0.717) is 16.2 Å². The zero-order valence-corrected chi connectivity index (χ0v) is 15.3. The van der Waals surface area contributed by atoms with Crippen molar-refractivity contribution in [2.24, 2.45) is 0 Å². The number of anilines is 1. The molecule has 2 aromatic rings. The van der Waals surface area contributed by atoms with Crippen molar-refractivity contribution in [2.45, 2.75) is 6.92 Å². The van der Waals surface area contributed by atoms with Crippen LogP contribution >= 0.6 is 11.6 Å². The number of hydrogen-bond donors (Lipinski definition) is 1. The van der Waals surface area contributed by atoms with Crippen molar-refractivity contribution in [3.05, 3.63) is 70.4 Å². The van der Waals surface area contributed by atoms with E-state index in [1.807, 2.05) is 31.2 Å². The van der Waals surface area contributed by atoms with Gasteiger partial charge in [0.05, 0.1) is 18.7 Å². The molecule has 0 spiro atoms. The molecule has 1 aliphatic heterocycles. The van der Waals surface area contributed by atoms with E-state index in [-0.39, 0.29) is 30.7 Å². The Labute approximate surface area is 157 Å². The SMILES string of the molecule is COCCN1C(=O)C(Nc2cccc(C)c2)=C(c2ccc(Cl)cc2)C1=O. The van der Waals surface area contributed by atoms with E-state index in [2.05, 4.69) is 5.32 Å². The number of aryl methyl sites for hydroxylation is 1. The highest BCUT2D eigenvalue weighted by Gasteiger charge is 2.38. The monoisotopic (exact) mass is 370 g/mol. The smallest absolute Gasteiger partial charge is 0.278 e. The van der Waals surface area contributed by atoms with Gasteiger partial charge >= 0.3 is 0 Å². The van der Waals surface area contributed by atoms with E-state index >= 15 is 0 Å². The van der Waals surface area contributed by atoms with Crippen LogP contribution in [-0.2, 0) is 14.3 Å².